The molecular weight excluding hydrogens is 780 g/mol. The van der Waals surface area contributed by atoms with Crippen molar-refractivity contribution in [3.63, 3.8) is 0 Å². The Morgan fingerprint density at radius 2 is 1.88 bits per heavy atom. The summed E-state index contributed by atoms with van der Waals surface area (Å²) in [6.45, 7) is 7.50. The Labute approximate surface area is 337 Å². The first-order valence-electron chi connectivity index (χ1n) is 20.1. The highest BCUT2D eigenvalue weighted by Crippen LogP contribution is 2.58. The molecule has 3 fully saturated rings. The number of rotatable bonds is 11. The number of benzene rings is 1. The van der Waals surface area contributed by atoms with Crippen molar-refractivity contribution in [1.29, 1.82) is 0 Å². The molecule has 318 valence electrons. The van der Waals surface area contributed by atoms with Crippen LogP contribution in [0.25, 0.3) is 10.8 Å². The quantitative estimate of drug-likeness (QED) is 0.191. The first-order valence-corrected chi connectivity index (χ1v) is 21.6. The smallest absolute Gasteiger partial charge is 0.307 e. The molecule has 0 spiro atoms. The summed E-state index contributed by atoms with van der Waals surface area (Å²) in [5.41, 5.74) is -3.49. The molecule has 1 N–H and O–H groups in total. The van der Waals surface area contributed by atoms with Gasteiger partial charge in [-0.1, -0.05) is 32.4 Å². The first-order chi connectivity index (χ1) is 27.2. The zero-order valence-electron chi connectivity index (χ0n) is 33.9. The molecule has 0 radical (unpaired) electrons. The summed E-state index contributed by atoms with van der Waals surface area (Å²) in [5.74, 6) is -5.24. The number of fused-ring (bicyclic) bond motifs is 3. The van der Waals surface area contributed by atoms with E-state index in [0.717, 1.165) is 13.8 Å². The lowest BCUT2D eigenvalue weighted by Gasteiger charge is -2.34. The van der Waals surface area contributed by atoms with E-state index >= 15 is 0 Å². The largest absolute Gasteiger partial charge is 0.494 e. The monoisotopic (exact) mass is 833 g/mol. The van der Waals surface area contributed by atoms with Gasteiger partial charge in [-0.3, -0.25) is 23.9 Å². The number of Topliss-reactive ketones (excluding diaryl/α,β-unsaturated/α-hetero) is 1. The summed E-state index contributed by atoms with van der Waals surface area (Å²) in [5, 5.41) is 0.878. The number of esters is 1. The Kier molecular flexibility index (Phi) is 12.3. The van der Waals surface area contributed by atoms with Crippen molar-refractivity contribution in [2.75, 3.05) is 13.7 Å². The van der Waals surface area contributed by atoms with Crippen molar-refractivity contribution in [2.24, 2.45) is 29.1 Å². The van der Waals surface area contributed by atoms with Crippen molar-refractivity contribution in [3.05, 3.63) is 42.4 Å². The molecule has 58 heavy (non-hydrogen) atoms. The Hall–Kier alpha value is -4.21. The second-order valence-corrected chi connectivity index (χ2v) is 19.7. The predicted molar refractivity (Wildman–Crippen MR) is 208 cm³/mol. The summed E-state index contributed by atoms with van der Waals surface area (Å²) in [6, 6.07) is 3.18. The number of nitrogens with zero attached hydrogens (tertiary/aromatic N) is 2. The van der Waals surface area contributed by atoms with Crippen LogP contribution >= 0.6 is 0 Å². The number of carbonyl (C=O) groups excluding carboxylic acids is 4. The molecule has 2 amide bonds. The molecular formula is C42H54F3N3O9S. The van der Waals surface area contributed by atoms with Crippen LogP contribution in [-0.4, -0.2) is 84.4 Å². The minimum Gasteiger partial charge on any atom is -0.494 e. The Balaban J connectivity index is 1.37. The van der Waals surface area contributed by atoms with E-state index in [1.165, 1.54) is 30.3 Å². The number of sulfonamides is 1. The lowest BCUT2D eigenvalue weighted by Crippen LogP contribution is -2.48. The van der Waals surface area contributed by atoms with Crippen molar-refractivity contribution in [1.82, 2.24) is 14.6 Å². The highest BCUT2D eigenvalue weighted by atomic mass is 32.2. The van der Waals surface area contributed by atoms with Crippen molar-refractivity contribution in [2.45, 2.75) is 128 Å². The number of hydrogen-bond acceptors (Lipinski definition) is 10. The van der Waals surface area contributed by atoms with Crippen LogP contribution < -0.4 is 14.2 Å². The second-order valence-electron chi connectivity index (χ2n) is 17.5. The fraction of sp³-hybridized carbons (Fsp3) is 0.643. The number of allylic oxidation sites excluding steroid dienone is 2. The van der Waals surface area contributed by atoms with Gasteiger partial charge in [0.25, 0.3) is 6.43 Å². The van der Waals surface area contributed by atoms with Crippen LogP contribution in [0.4, 0.5) is 13.2 Å². The van der Waals surface area contributed by atoms with Gasteiger partial charge in [0.15, 0.2) is 23.0 Å². The summed E-state index contributed by atoms with van der Waals surface area (Å²) in [6.07, 6.45) is 3.81. The Morgan fingerprint density at radius 3 is 2.53 bits per heavy atom. The number of aromatic nitrogens is 1. The van der Waals surface area contributed by atoms with Crippen LogP contribution in [0.1, 0.15) is 98.8 Å². The maximum absolute atomic E-state index is 15.0. The number of carbonyl (C=O) groups is 4. The minimum absolute atomic E-state index is 0.0131. The number of pyridine rings is 1. The average molecular weight is 834 g/mol. The van der Waals surface area contributed by atoms with Crippen molar-refractivity contribution >= 4 is 44.4 Å². The van der Waals surface area contributed by atoms with Gasteiger partial charge in [0, 0.05) is 24.4 Å². The SMILES string of the molecule is CC[C@@H]1C[C@H](C)CC/C=C\[C@@H]2C[C@@]2(C(=O)NS(=O)(=O)C2(C)CC2)CC(=O)[C@@H]2C[C@@H](Oc3nccc4cc(OC)c(F)cc34)CN2C(=O)[C@H]1CC(=O)OC(C)(C)C(F)F. The van der Waals surface area contributed by atoms with E-state index in [4.69, 9.17) is 14.2 Å². The number of halogens is 3. The fourth-order valence-corrected chi connectivity index (χ4v) is 9.79. The molecule has 1 saturated heterocycles. The zero-order chi connectivity index (χ0) is 42.4. The molecule has 2 aliphatic heterocycles. The molecule has 0 bridgehead atoms. The van der Waals surface area contributed by atoms with E-state index in [1.807, 2.05) is 26.0 Å². The summed E-state index contributed by atoms with van der Waals surface area (Å²) < 4.78 is 86.9. The maximum atomic E-state index is 15.0. The van der Waals surface area contributed by atoms with Gasteiger partial charge in [0.1, 0.15) is 6.10 Å². The van der Waals surface area contributed by atoms with Crippen LogP contribution in [0.15, 0.2) is 36.5 Å². The third-order valence-electron chi connectivity index (χ3n) is 12.7. The zero-order valence-corrected chi connectivity index (χ0v) is 34.7. The number of nitrogens with one attached hydrogen (secondary N) is 1. The topological polar surface area (TPSA) is 158 Å². The van der Waals surface area contributed by atoms with Crippen molar-refractivity contribution < 1.29 is 55.0 Å². The van der Waals surface area contributed by atoms with Gasteiger partial charge in [-0.25, -0.2) is 26.6 Å². The summed E-state index contributed by atoms with van der Waals surface area (Å²) in [7, 11) is -2.69. The van der Waals surface area contributed by atoms with Gasteiger partial charge in [-0.2, -0.15) is 0 Å². The van der Waals surface area contributed by atoms with Gasteiger partial charge >= 0.3 is 5.97 Å². The number of amides is 2. The Morgan fingerprint density at radius 1 is 1.16 bits per heavy atom. The van der Waals surface area contributed by atoms with Crippen LogP contribution in [0.2, 0.25) is 0 Å². The number of ether oxygens (including phenoxy) is 3. The van der Waals surface area contributed by atoms with Gasteiger partial charge in [-0.15, -0.1) is 0 Å². The molecule has 4 aliphatic rings. The predicted octanol–water partition coefficient (Wildman–Crippen LogP) is 6.69. The van der Waals surface area contributed by atoms with E-state index in [0.29, 0.717) is 49.3 Å². The summed E-state index contributed by atoms with van der Waals surface area (Å²) in [4.78, 5) is 62.7. The molecule has 6 rings (SSSR count). The van der Waals surface area contributed by atoms with Crippen LogP contribution in [0.3, 0.4) is 0 Å². The molecule has 7 atom stereocenters. The number of hydrogen-bond donors (Lipinski definition) is 1. The van der Waals surface area contributed by atoms with Crippen molar-refractivity contribution in [3.8, 4) is 11.6 Å². The van der Waals surface area contributed by atoms with Gasteiger partial charge in [0.2, 0.25) is 27.7 Å². The average Bonchev–Trinajstić information content (AvgIpc) is 4.04. The molecule has 12 nitrogen and oxygen atoms in total. The molecule has 3 heterocycles. The molecule has 2 saturated carbocycles. The highest BCUT2D eigenvalue weighted by molar-refractivity contribution is 7.91. The van der Waals surface area contributed by atoms with E-state index in [2.05, 4.69) is 9.71 Å². The maximum Gasteiger partial charge on any atom is 0.307 e. The molecule has 1 aromatic carbocycles. The molecule has 2 aromatic rings. The van der Waals surface area contributed by atoms with Crippen LogP contribution in [0, 0.1) is 34.9 Å². The third kappa shape index (κ3) is 8.86. The molecule has 16 heteroatoms. The lowest BCUT2D eigenvalue weighted by molar-refractivity contribution is -0.174. The second kappa shape index (κ2) is 16.4. The first kappa shape index (κ1) is 43.4. The van der Waals surface area contributed by atoms with Gasteiger partial charge in [0.05, 0.1) is 42.2 Å². The number of ketones is 1. The molecule has 2 aliphatic carbocycles. The van der Waals surface area contributed by atoms with E-state index in [1.54, 1.807) is 13.0 Å². The lowest BCUT2D eigenvalue weighted by atomic mass is 9.79. The molecule has 0 unspecified atom stereocenters. The summed E-state index contributed by atoms with van der Waals surface area (Å²) >= 11 is 0. The highest BCUT2D eigenvalue weighted by Gasteiger charge is 2.63. The number of alkyl halides is 2. The van der Waals surface area contributed by atoms with Gasteiger partial charge in [-0.05, 0) is 101 Å². The van der Waals surface area contributed by atoms with E-state index < -0.39 is 97.9 Å². The fourth-order valence-electron chi connectivity index (χ4n) is 8.46. The van der Waals surface area contributed by atoms with Crippen LogP contribution in [-0.2, 0) is 33.9 Å². The Bertz CT molecular complexity index is 2070. The van der Waals surface area contributed by atoms with E-state index in [-0.39, 0.29) is 43.4 Å². The van der Waals surface area contributed by atoms with Gasteiger partial charge < -0.3 is 19.1 Å². The minimum atomic E-state index is -4.03. The van der Waals surface area contributed by atoms with E-state index in [9.17, 15) is 40.8 Å². The van der Waals surface area contributed by atoms with Crippen LogP contribution in [0.5, 0.6) is 11.6 Å². The standard InChI is InChI=1S/C42H54F3N3O9S/c1-7-25-16-24(2)10-8-9-11-27-21-42(27,39(52)47-58(53,54)41(5)13-14-41)22-33(49)32-18-28(56-36-29-19-31(43)34(55-6)17-26(29)12-15-46-36)23-48(32)37(51)30(25)20-35(50)57-40(3,4)38(44)45/h9,11-12,15,17,19,24-25,27-28,30,32,38H,7-8,10,13-14,16,18,20-23H2,1-6H3,(H,47,52)/b11-9-/t24-,25-,27-,28-,30+,32+,42-/m1/s1. The normalized spacial score (nSPS) is 29.4. The third-order valence-corrected chi connectivity index (χ3v) is 14.9. The number of methoxy groups -OCH3 is 1. The molecule has 1 aromatic heterocycles.